The van der Waals surface area contributed by atoms with E-state index in [1.54, 1.807) is 37.7 Å². The number of aromatic nitrogens is 2. The van der Waals surface area contributed by atoms with Gasteiger partial charge in [-0.05, 0) is 49.7 Å². The first-order chi connectivity index (χ1) is 16.0. The first-order valence-electron chi connectivity index (χ1n) is 11.0. The summed E-state index contributed by atoms with van der Waals surface area (Å²) in [5.41, 5.74) is 1.08. The highest BCUT2D eigenvalue weighted by molar-refractivity contribution is 5.77. The van der Waals surface area contributed by atoms with Crippen LogP contribution in [0.3, 0.4) is 0 Å². The third-order valence-corrected chi connectivity index (χ3v) is 5.62. The minimum Gasteiger partial charge on any atom is -0.493 e. The van der Waals surface area contributed by atoms with Gasteiger partial charge in [0.25, 0.3) is 0 Å². The average Bonchev–Trinajstić information content (AvgIpc) is 3.30. The Morgan fingerprint density at radius 3 is 2.91 bits per heavy atom. The van der Waals surface area contributed by atoms with Gasteiger partial charge >= 0.3 is 0 Å². The number of hydrogen-bond acceptors (Lipinski definition) is 8. The zero-order valence-corrected chi connectivity index (χ0v) is 19.5. The van der Waals surface area contributed by atoms with Gasteiger partial charge in [0, 0.05) is 51.2 Å². The molecule has 1 saturated heterocycles. The lowest BCUT2D eigenvalue weighted by atomic mass is 10.1. The highest BCUT2D eigenvalue weighted by Gasteiger charge is 2.28. The molecule has 2 aromatic rings. The summed E-state index contributed by atoms with van der Waals surface area (Å²) in [6.45, 7) is 4.87. The third-order valence-electron chi connectivity index (χ3n) is 5.62. The van der Waals surface area contributed by atoms with Gasteiger partial charge in [-0.1, -0.05) is 6.07 Å². The van der Waals surface area contributed by atoms with Crippen LogP contribution in [0.2, 0.25) is 0 Å². The van der Waals surface area contributed by atoms with Gasteiger partial charge in [0.2, 0.25) is 11.9 Å². The SMILES string of the molecule is C=N/C=C\N(C)c1nccc(N2CCC[C@@H]2CC(=O)NCCc2ccc(OC)c(OC)c2)n1. The van der Waals surface area contributed by atoms with Gasteiger partial charge in [0.05, 0.1) is 14.2 Å². The molecule has 0 unspecified atom stereocenters. The van der Waals surface area contributed by atoms with Gasteiger partial charge in [-0.25, -0.2) is 4.98 Å². The fraction of sp³-hybridized carbons (Fsp3) is 0.417. The van der Waals surface area contributed by atoms with Crippen molar-refractivity contribution in [1.82, 2.24) is 15.3 Å². The summed E-state index contributed by atoms with van der Waals surface area (Å²) in [6.07, 6.45) is 8.20. The number of nitrogens with zero attached hydrogens (tertiary/aromatic N) is 5. The van der Waals surface area contributed by atoms with E-state index in [0.29, 0.717) is 30.4 Å². The maximum absolute atomic E-state index is 12.6. The summed E-state index contributed by atoms with van der Waals surface area (Å²) in [5, 5.41) is 3.04. The second-order valence-electron chi connectivity index (χ2n) is 7.79. The largest absolute Gasteiger partial charge is 0.493 e. The molecule has 2 heterocycles. The van der Waals surface area contributed by atoms with Crippen molar-refractivity contribution in [2.45, 2.75) is 31.7 Å². The van der Waals surface area contributed by atoms with Crippen molar-refractivity contribution < 1.29 is 14.3 Å². The lowest BCUT2D eigenvalue weighted by Gasteiger charge is -2.26. The first-order valence-corrected chi connectivity index (χ1v) is 11.0. The molecule has 1 aromatic carbocycles. The molecular formula is C24H32N6O3. The number of aliphatic imine (C=N–C) groups is 1. The van der Waals surface area contributed by atoms with Gasteiger partial charge in [0.1, 0.15) is 5.82 Å². The fourth-order valence-electron chi connectivity index (χ4n) is 3.90. The molecule has 1 N–H and O–H groups in total. The van der Waals surface area contributed by atoms with Crippen LogP contribution in [0.15, 0.2) is 47.9 Å². The molecule has 1 aliphatic rings. The second kappa shape index (κ2) is 11.8. The molecule has 1 aromatic heterocycles. The topological polar surface area (TPSA) is 92.2 Å². The van der Waals surface area contributed by atoms with Gasteiger partial charge in [-0.15, -0.1) is 0 Å². The maximum Gasteiger partial charge on any atom is 0.231 e. The van der Waals surface area contributed by atoms with E-state index in [4.69, 9.17) is 9.47 Å². The zero-order valence-electron chi connectivity index (χ0n) is 19.5. The Kier molecular flexibility index (Phi) is 8.63. The van der Waals surface area contributed by atoms with Crippen LogP contribution in [0.5, 0.6) is 11.5 Å². The van der Waals surface area contributed by atoms with Crippen molar-refractivity contribution in [2.75, 3.05) is 44.2 Å². The Hall–Kier alpha value is -3.62. The van der Waals surface area contributed by atoms with Crippen molar-refractivity contribution in [3.63, 3.8) is 0 Å². The first kappa shape index (κ1) is 24.0. The molecule has 0 aliphatic carbocycles. The summed E-state index contributed by atoms with van der Waals surface area (Å²) in [7, 11) is 5.08. The molecule has 1 amide bonds. The van der Waals surface area contributed by atoms with Crippen molar-refractivity contribution in [2.24, 2.45) is 4.99 Å². The van der Waals surface area contributed by atoms with E-state index in [1.807, 2.05) is 31.3 Å². The number of nitrogens with one attached hydrogen (secondary N) is 1. The molecule has 1 fully saturated rings. The Labute approximate surface area is 195 Å². The van der Waals surface area contributed by atoms with Crippen LogP contribution in [-0.2, 0) is 11.2 Å². The monoisotopic (exact) mass is 452 g/mol. The number of benzene rings is 1. The number of carbonyl (C=O) groups excluding carboxylic acids is 1. The number of amides is 1. The third kappa shape index (κ3) is 6.44. The molecule has 9 heteroatoms. The standard InChI is InChI=1S/C24H32N6O3/c1-25-13-15-29(2)24-27-12-10-22(28-24)30-14-5-6-19(30)17-23(31)26-11-9-18-7-8-20(32-3)21(16-18)33-4/h7-8,10,12-13,15-16,19H,1,5-6,9,11,14,17H2,2-4H3,(H,26,31)/b15-13-/t19-/m1/s1. The Bertz CT molecular complexity index is 980. The summed E-state index contributed by atoms with van der Waals surface area (Å²) in [5.74, 6) is 2.82. The van der Waals surface area contributed by atoms with Gasteiger partial charge in [-0.3, -0.25) is 9.79 Å². The van der Waals surface area contributed by atoms with E-state index in [-0.39, 0.29) is 11.9 Å². The van der Waals surface area contributed by atoms with Crippen LogP contribution in [-0.4, -0.2) is 63.0 Å². The summed E-state index contributed by atoms with van der Waals surface area (Å²) in [4.78, 5) is 29.3. The van der Waals surface area contributed by atoms with Crippen LogP contribution in [0.4, 0.5) is 11.8 Å². The lowest BCUT2D eigenvalue weighted by Crippen LogP contribution is -2.36. The summed E-state index contributed by atoms with van der Waals surface area (Å²) >= 11 is 0. The molecule has 0 saturated carbocycles. The molecule has 0 radical (unpaired) electrons. The van der Waals surface area contributed by atoms with E-state index >= 15 is 0 Å². The number of methoxy groups -OCH3 is 2. The van der Waals surface area contributed by atoms with Crippen molar-refractivity contribution in [1.29, 1.82) is 0 Å². The summed E-state index contributed by atoms with van der Waals surface area (Å²) in [6, 6.07) is 7.80. The summed E-state index contributed by atoms with van der Waals surface area (Å²) < 4.78 is 10.6. The van der Waals surface area contributed by atoms with E-state index in [9.17, 15) is 4.79 Å². The van der Waals surface area contributed by atoms with Crippen LogP contribution < -0.4 is 24.6 Å². The highest BCUT2D eigenvalue weighted by Crippen LogP contribution is 2.28. The molecule has 9 nitrogen and oxygen atoms in total. The van der Waals surface area contributed by atoms with E-state index in [2.05, 4.69) is 31.9 Å². The van der Waals surface area contributed by atoms with E-state index < -0.39 is 0 Å². The molecule has 3 rings (SSSR count). The predicted octanol–water partition coefficient (Wildman–Crippen LogP) is 2.82. The maximum atomic E-state index is 12.6. The second-order valence-corrected chi connectivity index (χ2v) is 7.79. The van der Waals surface area contributed by atoms with Crippen LogP contribution in [0, 0.1) is 0 Å². The number of ether oxygens (including phenoxy) is 2. The average molecular weight is 453 g/mol. The number of carbonyl (C=O) groups is 1. The van der Waals surface area contributed by atoms with Crippen molar-refractivity contribution in [3.05, 3.63) is 48.4 Å². The molecule has 176 valence electrons. The Morgan fingerprint density at radius 1 is 1.33 bits per heavy atom. The Morgan fingerprint density at radius 2 is 2.15 bits per heavy atom. The number of rotatable bonds is 11. The van der Waals surface area contributed by atoms with Gasteiger partial charge in [-0.2, -0.15) is 4.98 Å². The van der Waals surface area contributed by atoms with Crippen molar-refractivity contribution in [3.8, 4) is 11.5 Å². The number of anilines is 2. The van der Waals surface area contributed by atoms with Crippen LogP contribution in [0.25, 0.3) is 0 Å². The molecule has 0 spiro atoms. The molecule has 33 heavy (non-hydrogen) atoms. The quantitative estimate of drug-likeness (QED) is 0.524. The molecule has 0 bridgehead atoms. The van der Waals surface area contributed by atoms with E-state index in [0.717, 1.165) is 37.2 Å². The van der Waals surface area contributed by atoms with Gasteiger partial charge < -0.3 is 24.6 Å². The van der Waals surface area contributed by atoms with E-state index in [1.165, 1.54) is 0 Å². The zero-order chi connectivity index (χ0) is 23.6. The van der Waals surface area contributed by atoms with Crippen LogP contribution in [0.1, 0.15) is 24.8 Å². The predicted molar refractivity (Wildman–Crippen MR) is 130 cm³/mol. The Balaban J connectivity index is 1.55. The number of hydrogen-bond donors (Lipinski definition) is 1. The normalized spacial score (nSPS) is 15.5. The van der Waals surface area contributed by atoms with Gasteiger partial charge in [0.15, 0.2) is 11.5 Å². The van der Waals surface area contributed by atoms with Crippen molar-refractivity contribution >= 4 is 24.4 Å². The molecule has 1 atom stereocenters. The minimum atomic E-state index is 0.0405. The minimum absolute atomic E-state index is 0.0405. The van der Waals surface area contributed by atoms with Crippen LogP contribution >= 0.6 is 0 Å². The smallest absolute Gasteiger partial charge is 0.231 e. The highest BCUT2D eigenvalue weighted by atomic mass is 16.5. The fourth-order valence-corrected chi connectivity index (χ4v) is 3.90. The lowest BCUT2D eigenvalue weighted by molar-refractivity contribution is -0.121. The molecule has 1 aliphatic heterocycles. The molecular weight excluding hydrogens is 420 g/mol.